The van der Waals surface area contributed by atoms with Crippen molar-refractivity contribution in [3.05, 3.63) is 35.9 Å². The van der Waals surface area contributed by atoms with E-state index in [1.54, 1.807) is 0 Å². The van der Waals surface area contributed by atoms with Gasteiger partial charge < -0.3 is 9.80 Å². The molecule has 0 saturated carbocycles. The van der Waals surface area contributed by atoms with Crippen molar-refractivity contribution in [3.63, 3.8) is 0 Å². The van der Waals surface area contributed by atoms with Crippen molar-refractivity contribution in [1.82, 2.24) is 9.80 Å². The zero-order valence-electron chi connectivity index (χ0n) is 11.9. The molecule has 0 aliphatic carbocycles. The highest BCUT2D eigenvalue weighted by Crippen LogP contribution is 2.09. The van der Waals surface area contributed by atoms with E-state index < -0.39 is 0 Å². The molecule has 0 spiro atoms. The summed E-state index contributed by atoms with van der Waals surface area (Å²) in [7, 11) is 6.19. The van der Waals surface area contributed by atoms with Crippen LogP contribution in [0.2, 0.25) is 0 Å². The molecule has 0 N–H and O–H groups in total. The van der Waals surface area contributed by atoms with Gasteiger partial charge in [-0.25, -0.2) is 0 Å². The van der Waals surface area contributed by atoms with Crippen LogP contribution in [0.25, 0.3) is 0 Å². The Labute approximate surface area is 110 Å². The number of carbonyl (C=O) groups is 1. The summed E-state index contributed by atoms with van der Waals surface area (Å²) < 4.78 is 0. The SMILES string of the molecule is CC(CN(C)CCN(C)C)C(=O)c1ccccc1. The Morgan fingerprint density at radius 2 is 1.72 bits per heavy atom. The number of hydrogen-bond donors (Lipinski definition) is 0. The maximum absolute atomic E-state index is 12.2. The van der Waals surface area contributed by atoms with Gasteiger partial charge in [-0.05, 0) is 21.1 Å². The summed E-state index contributed by atoms with van der Waals surface area (Å²) in [5.41, 5.74) is 0.811. The molecule has 0 bridgehead atoms. The zero-order chi connectivity index (χ0) is 13.5. The first-order chi connectivity index (χ1) is 8.50. The molecule has 18 heavy (non-hydrogen) atoms. The van der Waals surface area contributed by atoms with Crippen molar-refractivity contribution < 1.29 is 4.79 Å². The van der Waals surface area contributed by atoms with E-state index in [0.29, 0.717) is 0 Å². The van der Waals surface area contributed by atoms with Crippen LogP contribution in [-0.2, 0) is 0 Å². The second-order valence-electron chi connectivity index (χ2n) is 5.20. The third-order valence-electron chi connectivity index (χ3n) is 3.02. The van der Waals surface area contributed by atoms with Gasteiger partial charge in [-0.15, -0.1) is 0 Å². The molecule has 100 valence electrons. The van der Waals surface area contributed by atoms with Crippen LogP contribution >= 0.6 is 0 Å². The number of rotatable bonds is 7. The molecule has 0 aromatic heterocycles. The van der Waals surface area contributed by atoms with E-state index in [9.17, 15) is 4.79 Å². The quantitative estimate of drug-likeness (QED) is 0.690. The van der Waals surface area contributed by atoms with Gasteiger partial charge in [0.2, 0.25) is 0 Å². The van der Waals surface area contributed by atoms with Crippen molar-refractivity contribution in [3.8, 4) is 0 Å². The van der Waals surface area contributed by atoms with Crippen LogP contribution in [0.15, 0.2) is 30.3 Å². The van der Waals surface area contributed by atoms with Gasteiger partial charge in [-0.3, -0.25) is 4.79 Å². The van der Waals surface area contributed by atoms with E-state index in [1.165, 1.54) is 0 Å². The number of likely N-dealkylation sites (N-methyl/N-ethyl adjacent to an activating group) is 2. The maximum Gasteiger partial charge on any atom is 0.166 e. The van der Waals surface area contributed by atoms with Crippen molar-refractivity contribution in [2.75, 3.05) is 40.8 Å². The molecule has 0 saturated heterocycles. The van der Waals surface area contributed by atoms with Crippen LogP contribution in [0.4, 0.5) is 0 Å². The van der Waals surface area contributed by atoms with Gasteiger partial charge in [0.05, 0.1) is 0 Å². The minimum atomic E-state index is 0.0413. The summed E-state index contributed by atoms with van der Waals surface area (Å²) in [5.74, 6) is 0.270. The fourth-order valence-electron chi connectivity index (χ4n) is 1.90. The van der Waals surface area contributed by atoms with Crippen LogP contribution in [-0.4, -0.2) is 56.4 Å². The Bertz CT molecular complexity index is 362. The molecule has 0 amide bonds. The number of Topliss-reactive ketones (excluding diaryl/α,β-unsaturated/α-hetero) is 1. The van der Waals surface area contributed by atoms with Gasteiger partial charge >= 0.3 is 0 Å². The summed E-state index contributed by atoms with van der Waals surface area (Å²) in [6, 6.07) is 9.54. The Kier molecular flexibility index (Phi) is 6.02. The summed E-state index contributed by atoms with van der Waals surface area (Å²) in [4.78, 5) is 16.5. The molecular weight excluding hydrogens is 224 g/mol. The standard InChI is InChI=1S/C15H24N2O/c1-13(12-17(4)11-10-16(2)3)15(18)14-8-6-5-7-9-14/h5-9,13H,10-12H2,1-4H3. The molecule has 3 heteroatoms. The number of hydrogen-bond acceptors (Lipinski definition) is 3. The Morgan fingerprint density at radius 1 is 1.11 bits per heavy atom. The van der Waals surface area contributed by atoms with E-state index in [2.05, 4.69) is 30.9 Å². The largest absolute Gasteiger partial charge is 0.308 e. The van der Waals surface area contributed by atoms with Gasteiger partial charge in [0.25, 0.3) is 0 Å². The maximum atomic E-state index is 12.2. The molecule has 3 nitrogen and oxygen atoms in total. The molecule has 0 heterocycles. The lowest BCUT2D eigenvalue weighted by Crippen LogP contribution is -2.34. The molecule has 1 atom stereocenters. The molecule has 0 fully saturated rings. The Morgan fingerprint density at radius 3 is 2.28 bits per heavy atom. The molecule has 0 radical (unpaired) electrons. The van der Waals surface area contributed by atoms with Gasteiger partial charge in [0, 0.05) is 31.1 Å². The van der Waals surface area contributed by atoms with E-state index >= 15 is 0 Å². The predicted octanol–water partition coefficient (Wildman–Crippen LogP) is 2.00. The minimum Gasteiger partial charge on any atom is -0.308 e. The summed E-state index contributed by atoms with van der Waals surface area (Å²) >= 11 is 0. The van der Waals surface area contributed by atoms with Crippen molar-refractivity contribution in [2.24, 2.45) is 5.92 Å². The summed E-state index contributed by atoms with van der Waals surface area (Å²) in [5, 5.41) is 0. The topological polar surface area (TPSA) is 23.6 Å². The molecule has 1 unspecified atom stereocenters. The third kappa shape index (κ3) is 4.98. The van der Waals surface area contributed by atoms with Gasteiger partial charge in [-0.2, -0.15) is 0 Å². The molecule has 1 aromatic carbocycles. The van der Waals surface area contributed by atoms with Crippen LogP contribution in [0.5, 0.6) is 0 Å². The lowest BCUT2D eigenvalue weighted by atomic mass is 9.99. The molecule has 0 aliphatic rings. The number of nitrogens with zero attached hydrogens (tertiary/aromatic N) is 2. The van der Waals surface area contributed by atoms with Crippen molar-refractivity contribution in [2.45, 2.75) is 6.92 Å². The summed E-state index contributed by atoms with van der Waals surface area (Å²) in [6.45, 7) is 4.81. The third-order valence-corrected chi connectivity index (χ3v) is 3.02. The average Bonchev–Trinajstić information content (AvgIpc) is 2.36. The fourth-order valence-corrected chi connectivity index (χ4v) is 1.90. The number of ketones is 1. The van der Waals surface area contributed by atoms with Crippen molar-refractivity contribution >= 4 is 5.78 Å². The van der Waals surface area contributed by atoms with E-state index in [1.807, 2.05) is 37.3 Å². The average molecular weight is 248 g/mol. The second-order valence-corrected chi connectivity index (χ2v) is 5.20. The van der Waals surface area contributed by atoms with Crippen LogP contribution in [0.1, 0.15) is 17.3 Å². The van der Waals surface area contributed by atoms with E-state index in [0.717, 1.165) is 25.2 Å². The molecule has 1 aromatic rings. The Balaban J connectivity index is 2.45. The minimum absolute atomic E-state index is 0.0413. The monoisotopic (exact) mass is 248 g/mol. The van der Waals surface area contributed by atoms with Gasteiger partial charge in [0.1, 0.15) is 0 Å². The highest BCUT2D eigenvalue weighted by atomic mass is 16.1. The molecular formula is C15H24N2O. The van der Waals surface area contributed by atoms with Crippen LogP contribution < -0.4 is 0 Å². The van der Waals surface area contributed by atoms with Crippen LogP contribution in [0.3, 0.4) is 0 Å². The Hall–Kier alpha value is -1.19. The lowest BCUT2D eigenvalue weighted by Gasteiger charge is -2.22. The first kappa shape index (κ1) is 14.9. The van der Waals surface area contributed by atoms with Gasteiger partial charge in [-0.1, -0.05) is 37.3 Å². The highest BCUT2D eigenvalue weighted by molar-refractivity contribution is 5.97. The summed E-state index contributed by atoms with van der Waals surface area (Å²) in [6.07, 6.45) is 0. The molecule has 1 rings (SSSR count). The zero-order valence-corrected chi connectivity index (χ0v) is 11.9. The number of carbonyl (C=O) groups excluding carboxylic acids is 1. The predicted molar refractivity (Wildman–Crippen MR) is 76.0 cm³/mol. The normalized spacial score (nSPS) is 13.0. The van der Waals surface area contributed by atoms with Crippen molar-refractivity contribution in [1.29, 1.82) is 0 Å². The lowest BCUT2D eigenvalue weighted by molar-refractivity contribution is 0.0901. The second kappa shape index (κ2) is 7.29. The van der Waals surface area contributed by atoms with E-state index in [4.69, 9.17) is 0 Å². The van der Waals surface area contributed by atoms with E-state index in [-0.39, 0.29) is 11.7 Å². The fraction of sp³-hybridized carbons (Fsp3) is 0.533. The highest BCUT2D eigenvalue weighted by Gasteiger charge is 2.16. The number of benzene rings is 1. The molecule has 0 aliphatic heterocycles. The van der Waals surface area contributed by atoms with Crippen LogP contribution in [0, 0.1) is 5.92 Å². The first-order valence-electron chi connectivity index (χ1n) is 6.43. The first-order valence-corrected chi connectivity index (χ1v) is 6.43. The smallest absolute Gasteiger partial charge is 0.166 e. The van der Waals surface area contributed by atoms with Gasteiger partial charge in [0.15, 0.2) is 5.78 Å².